The smallest absolute Gasteiger partial charge is 0.229 e. The molecule has 0 saturated carbocycles. The molecule has 3 N–H and O–H groups in total. The summed E-state index contributed by atoms with van der Waals surface area (Å²) < 4.78 is 0. The van der Waals surface area contributed by atoms with Crippen LogP contribution in [0.4, 0.5) is 34.5 Å². The van der Waals surface area contributed by atoms with Gasteiger partial charge in [-0.1, -0.05) is 17.7 Å². The van der Waals surface area contributed by atoms with Crippen molar-refractivity contribution in [1.82, 2.24) is 9.97 Å². The van der Waals surface area contributed by atoms with Gasteiger partial charge in [0.25, 0.3) is 0 Å². The molecule has 1 aromatic heterocycles. The van der Waals surface area contributed by atoms with E-state index >= 15 is 0 Å². The van der Waals surface area contributed by atoms with Gasteiger partial charge in [0.1, 0.15) is 12.5 Å². The molecule has 0 amide bonds. The summed E-state index contributed by atoms with van der Waals surface area (Å²) in [4.78, 5) is 11.5. The van der Waals surface area contributed by atoms with Crippen LogP contribution < -0.4 is 20.9 Å². The summed E-state index contributed by atoms with van der Waals surface area (Å²) in [5.41, 5.74) is 7.00. The summed E-state index contributed by atoms with van der Waals surface area (Å²) in [7, 11) is 0. The lowest BCUT2D eigenvalue weighted by molar-refractivity contribution is 0.758. The van der Waals surface area contributed by atoms with Gasteiger partial charge in [-0.3, -0.25) is 0 Å². The number of anilines is 6. The zero-order valence-corrected chi connectivity index (χ0v) is 15.2. The van der Waals surface area contributed by atoms with Crippen LogP contribution in [0.25, 0.3) is 0 Å². The molecular weight excluding hydrogens is 336 g/mol. The van der Waals surface area contributed by atoms with Gasteiger partial charge in [0, 0.05) is 24.1 Å². The first kappa shape index (κ1) is 15.9. The SMILES string of the molecule is Cc1ccc2c(c1)CCCN2c1ccnc(Nc2ccc3c(c2)N[CH]N3)n1. The quantitative estimate of drug-likeness (QED) is 0.638. The maximum atomic E-state index is 4.77. The van der Waals surface area contributed by atoms with Crippen LogP contribution in [0, 0.1) is 13.6 Å². The van der Waals surface area contributed by atoms with E-state index < -0.39 is 0 Å². The molecule has 135 valence electrons. The van der Waals surface area contributed by atoms with Crippen molar-refractivity contribution in [3.8, 4) is 0 Å². The van der Waals surface area contributed by atoms with E-state index in [4.69, 9.17) is 4.98 Å². The highest BCUT2D eigenvalue weighted by Crippen LogP contribution is 2.34. The summed E-state index contributed by atoms with van der Waals surface area (Å²) in [6, 6.07) is 14.7. The second-order valence-corrected chi connectivity index (χ2v) is 6.94. The Hall–Kier alpha value is -3.28. The van der Waals surface area contributed by atoms with E-state index in [2.05, 4.69) is 51.0 Å². The lowest BCUT2D eigenvalue weighted by Crippen LogP contribution is -2.25. The number of benzene rings is 2. The van der Waals surface area contributed by atoms with E-state index in [9.17, 15) is 0 Å². The fraction of sp³-hybridized carbons (Fsp3) is 0.190. The van der Waals surface area contributed by atoms with Gasteiger partial charge in [-0.05, 0) is 55.7 Å². The molecule has 0 unspecified atom stereocenters. The molecule has 0 atom stereocenters. The predicted octanol–water partition coefficient (Wildman–Crippen LogP) is 4.57. The number of aromatic nitrogens is 2. The van der Waals surface area contributed by atoms with Crippen molar-refractivity contribution >= 4 is 34.5 Å². The molecule has 5 rings (SSSR count). The minimum atomic E-state index is 0.599. The van der Waals surface area contributed by atoms with E-state index in [0.717, 1.165) is 42.3 Å². The Bertz CT molecular complexity index is 1000. The molecule has 0 aliphatic carbocycles. The molecule has 3 aromatic rings. The summed E-state index contributed by atoms with van der Waals surface area (Å²) >= 11 is 0. The number of fused-ring (bicyclic) bond motifs is 2. The summed E-state index contributed by atoms with van der Waals surface area (Å²) in [5.74, 6) is 1.52. The zero-order valence-electron chi connectivity index (χ0n) is 15.2. The van der Waals surface area contributed by atoms with Gasteiger partial charge in [-0.25, -0.2) is 4.98 Å². The second kappa shape index (κ2) is 6.46. The first-order valence-corrected chi connectivity index (χ1v) is 9.22. The van der Waals surface area contributed by atoms with Gasteiger partial charge in [-0.2, -0.15) is 4.98 Å². The van der Waals surface area contributed by atoms with Crippen molar-refractivity contribution < 1.29 is 0 Å². The van der Waals surface area contributed by atoms with Gasteiger partial charge in [0.05, 0.1) is 11.4 Å². The van der Waals surface area contributed by atoms with Crippen molar-refractivity contribution in [3.63, 3.8) is 0 Å². The Morgan fingerprint density at radius 1 is 1.04 bits per heavy atom. The molecule has 2 aliphatic rings. The van der Waals surface area contributed by atoms with Crippen LogP contribution in [-0.4, -0.2) is 16.5 Å². The normalized spacial score (nSPS) is 14.8. The van der Waals surface area contributed by atoms with Crippen LogP contribution in [-0.2, 0) is 6.42 Å². The van der Waals surface area contributed by atoms with Crippen molar-refractivity contribution in [2.45, 2.75) is 19.8 Å². The van der Waals surface area contributed by atoms with Gasteiger partial charge >= 0.3 is 0 Å². The third-order valence-corrected chi connectivity index (χ3v) is 5.00. The lowest BCUT2D eigenvalue weighted by atomic mass is 9.99. The lowest BCUT2D eigenvalue weighted by Gasteiger charge is -2.30. The van der Waals surface area contributed by atoms with Crippen molar-refractivity contribution in [3.05, 3.63) is 66.5 Å². The van der Waals surface area contributed by atoms with Crippen LogP contribution in [0.3, 0.4) is 0 Å². The van der Waals surface area contributed by atoms with Crippen molar-refractivity contribution in [2.24, 2.45) is 0 Å². The van der Waals surface area contributed by atoms with Gasteiger partial charge < -0.3 is 20.9 Å². The van der Waals surface area contributed by atoms with E-state index in [1.807, 2.05) is 37.1 Å². The van der Waals surface area contributed by atoms with E-state index in [0.29, 0.717) is 5.95 Å². The van der Waals surface area contributed by atoms with Crippen molar-refractivity contribution in [2.75, 3.05) is 27.4 Å². The topological polar surface area (TPSA) is 65.1 Å². The van der Waals surface area contributed by atoms with Crippen LogP contribution in [0.15, 0.2) is 48.7 Å². The fourth-order valence-electron chi connectivity index (χ4n) is 3.71. The Balaban J connectivity index is 1.43. The van der Waals surface area contributed by atoms with Crippen LogP contribution in [0.1, 0.15) is 17.5 Å². The number of rotatable bonds is 3. The minimum Gasteiger partial charge on any atom is -0.360 e. The number of hydrogen-bond donors (Lipinski definition) is 3. The Morgan fingerprint density at radius 3 is 2.93 bits per heavy atom. The second-order valence-electron chi connectivity index (χ2n) is 6.94. The average Bonchev–Trinajstić information content (AvgIpc) is 3.15. The molecule has 2 aromatic carbocycles. The van der Waals surface area contributed by atoms with E-state index in [1.54, 1.807) is 0 Å². The van der Waals surface area contributed by atoms with Gasteiger partial charge in [0.2, 0.25) is 5.95 Å². The third-order valence-electron chi connectivity index (χ3n) is 5.00. The maximum Gasteiger partial charge on any atom is 0.229 e. The monoisotopic (exact) mass is 357 g/mol. The summed E-state index contributed by atoms with van der Waals surface area (Å²) in [5, 5.41) is 9.65. The molecule has 1 radical (unpaired) electrons. The van der Waals surface area contributed by atoms with Crippen LogP contribution >= 0.6 is 0 Å². The molecule has 2 aliphatic heterocycles. The fourth-order valence-corrected chi connectivity index (χ4v) is 3.71. The molecular formula is C21H21N6. The standard InChI is InChI=1S/C21H21N6/c1-14-4-7-19-15(11-14)3-2-10-27(19)20-8-9-22-21(26-20)25-16-5-6-17-18(12-16)24-13-23-17/h4-9,11-13,23-24H,2-3,10H2,1H3,(H,22,25,26). The average molecular weight is 357 g/mol. The Kier molecular flexibility index (Phi) is 3.81. The molecule has 6 heteroatoms. The number of hydrogen-bond acceptors (Lipinski definition) is 6. The highest BCUT2D eigenvalue weighted by Gasteiger charge is 2.19. The first-order valence-electron chi connectivity index (χ1n) is 9.22. The molecule has 0 spiro atoms. The van der Waals surface area contributed by atoms with Crippen molar-refractivity contribution in [1.29, 1.82) is 0 Å². The molecule has 3 heterocycles. The molecule has 0 bridgehead atoms. The van der Waals surface area contributed by atoms with Gasteiger partial charge in [0.15, 0.2) is 0 Å². The Morgan fingerprint density at radius 2 is 1.96 bits per heavy atom. The summed E-state index contributed by atoms with van der Waals surface area (Å²) in [6.45, 7) is 4.93. The highest BCUT2D eigenvalue weighted by atomic mass is 15.2. The number of nitrogens with zero attached hydrogens (tertiary/aromatic N) is 3. The number of aryl methyl sites for hydroxylation is 2. The minimum absolute atomic E-state index is 0.599. The number of nitrogens with one attached hydrogen (secondary N) is 3. The van der Waals surface area contributed by atoms with E-state index in [-0.39, 0.29) is 0 Å². The summed E-state index contributed by atoms with van der Waals surface area (Å²) in [6.07, 6.45) is 4.06. The van der Waals surface area contributed by atoms with Crippen LogP contribution in [0.5, 0.6) is 0 Å². The zero-order chi connectivity index (χ0) is 18.2. The maximum absolute atomic E-state index is 4.77. The largest absolute Gasteiger partial charge is 0.360 e. The molecule has 0 fully saturated rings. The van der Waals surface area contributed by atoms with Gasteiger partial charge in [-0.15, -0.1) is 0 Å². The van der Waals surface area contributed by atoms with Crippen LogP contribution in [0.2, 0.25) is 0 Å². The molecule has 0 saturated heterocycles. The molecule has 27 heavy (non-hydrogen) atoms. The first-order chi connectivity index (χ1) is 13.3. The highest BCUT2D eigenvalue weighted by molar-refractivity contribution is 5.80. The Labute approximate surface area is 158 Å². The van der Waals surface area contributed by atoms with E-state index in [1.165, 1.54) is 16.8 Å². The predicted molar refractivity (Wildman–Crippen MR) is 110 cm³/mol. The molecule has 6 nitrogen and oxygen atoms in total. The third kappa shape index (κ3) is 3.03.